The van der Waals surface area contributed by atoms with Crippen LogP contribution < -0.4 is 15.4 Å². The Kier molecular flexibility index (Phi) is 2.73. The Balaban J connectivity index is 1.97. The Hall–Kier alpha value is -1.92. The van der Waals surface area contributed by atoms with Crippen LogP contribution in [0.5, 0.6) is 0 Å². The molecule has 0 bridgehead atoms. The third-order valence-corrected chi connectivity index (χ3v) is 3.56. The highest BCUT2D eigenvalue weighted by atomic mass is 35.5. The highest BCUT2D eigenvalue weighted by molar-refractivity contribution is 7.15. The van der Waals surface area contributed by atoms with Gasteiger partial charge in [0.05, 0.1) is 0 Å². The number of hydrogen-bond acceptors (Lipinski definition) is 5. The molecule has 7 heteroatoms. The largest absolute Gasteiger partial charge is 0.360 e. The van der Waals surface area contributed by atoms with Gasteiger partial charge in [-0.25, -0.2) is 4.98 Å². The van der Waals surface area contributed by atoms with Crippen molar-refractivity contribution in [3.05, 3.63) is 50.5 Å². The fourth-order valence-electron chi connectivity index (χ4n) is 1.47. The Morgan fingerprint density at radius 2 is 2.11 bits per heavy atom. The van der Waals surface area contributed by atoms with Crippen molar-refractivity contribution in [2.45, 2.75) is 0 Å². The summed E-state index contributed by atoms with van der Waals surface area (Å²) in [4.78, 5) is 16.4. The highest BCUT2D eigenvalue weighted by Gasteiger charge is 2.04. The van der Waals surface area contributed by atoms with E-state index >= 15 is 0 Å². The van der Waals surface area contributed by atoms with Gasteiger partial charge in [0.25, 0.3) is 5.56 Å². The van der Waals surface area contributed by atoms with Gasteiger partial charge in [0, 0.05) is 16.9 Å². The van der Waals surface area contributed by atoms with Crippen molar-refractivity contribution >= 4 is 39.8 Å². The van der Waals surface area contributed by atoms with E-state index in [1.165, 1.54) is 22.2 Å². The fraction of sp³-hybridized carbons (Fsp3) is 0. The molecule has 0 fully saturated rings. The van der Waals surface area contributed by atoms with Gasteiger partial charge in [-0.1, -0.05) is 22.9 Å². The number of thiazole rings is 1. The van der Waals surface area contributed by atoms with E-state index in [1.54, 1.807) is 18.3 Å². The zero-order valence-corrected chi connectivity index (χ0v) is 10.6. The number of halogens is 1. The van der Waals surface area contributed by atoms with Gasteiger partial charge in [-0.3, -0.25) is 4.79 Å². The molecule has 0 spiro atoms. The number of fused-ring (bicyclic) bond motifs is 1. The van der Waals surface area contributed by atoms with Crippen molar-refractivity contribution in [3.8, 4) is 0 Å². The minimum absolute atomic E-state index is 0.172. The van der Waals surface area contributed by atoms with Crippen LogP contribution >= 0.6 is 22.9 Å². The fourth-order valence-corrected chi connectivity index (χ4v) is 2.40. The van der Waals surface area contributed by atoms with Crippen molar-refractivity contribution in [1.29, 1.82) is 0 Å². The number of anilines is 1. The zero-order valence-electron chi connectivity index (χ0n) is 9.00. The molecule has 0 aliphatic carbocycles. The standard InChI is InChI=1S/C11H7ClN4OS/c12-7-1-3-8(4-2-7)13-5-9-10(17)16-11(18-9)14-6-15-16/h1-6,13H/b9-5-. The monoisotopic (exact) mass is 278 g/mol. The maximum atomic E-state index is 11.8. The second-order valence-corrected chi connectivity index (χ2v) is 4.97. The summed E-state index contributed by atoms with van der Waals surface area (Å²) in [6.45, 7) is 0. The molecule has 18 heavy (non-hydrogen) atoms. The average molecular weight is 279 g/mol. The molecular formula is C11H7ClN4OS. The molecule has 0 saturated heterocycles. The van der Waals surface area contributed by atoms with E-state index in [9.17, 15) is 4.79 Å². The van der Waals surface area contributed by atoms with Gasteiger partial charge in [0.2, 0.25) is 4.96 Å². The first kappa shape index (κ1) is 11.2. The van der Waals surface area contributed by atoms with Gasteiger partial charge < -0.3 is 5.32 Å². The molecule has 2 aromatic heterocycles. The molecule has 90 valence electrons. The van der Waals surface area contributed by atoms with E-state index in [-0.39, 0.29) is 5.56 Å². The maximum Gasteiger partial charge on any atom is 0.292 e. The summed E-state index contributed by atoms with van der Waals surface area (Å²) >= 11 is 7.07. The molecule has 0 aliphatic rings. The van der Waals surface area contributed by atoms with Gasteiger partial charge >= 0.3 is 0 Å². The first-order valence-corrected chi connectivity index (χ1v) is 6.28. The number of aromatic nitrogens is 3. The van der Waals surface area contributed by atoms with Crippen LogP contribution in [0, 0.1) is 0 Å². The summed E-state index contributed by atoms with van der Waals surface area (Å²) in [6.07, 6.45) is 3.01. The Morgan fingerprint density at radius 3 is 2.83 bits per heavy atom. The SMILES string of the molecule is O=c1/c(=C/Nc2ccc(Cl)cc2)sc2ncnn12. The van der Waals surface area contributed by atoms with Crippen molar-refractivity contribution < 1.29 is 0 Å². The third-order valence-electron chi connectivity index (χ3n) is 2.34. The predicted molar refractivity (Wildman–Crippen MR) is 71.9 cm³/mol. The second-order valence-electron chi connectivity index (χ2n) is 3.52. The summed E-state index contributed by atoms with van der Waals surface area (Å²) in [6, 6.07) is 7.22. The van der Waals surface area contributed by atoms with Gasteiger partial charge in [-0.15, -0.1) is 0 Å². The second kappa shape index (κ2) is 4.40. The molecule has 3 rings (SSSR count). The lowest BCUT2D eigenvalue weighted by atomic mass is 10.3. The van der Waals surface area contributed by atoms with Gasteiger partial charge in [0.1, 0.15) is 10.9 Å². The number of benzene rings is 1. The molecule has 0 amide bonds. The molecule has 1 N–H and O–H groups in total. The lowest BCUT2D eigenvalue weighted by Gasteiger charge is -1.98. The molecule has 2 heterocycles. The number of rotatable bonds is 2. The van der Waals surface area contributed by atoms with Crippen molar-refractivity contribution in [3.63, 3.8) is 0 Å². The van der Waals surface area contributed by atoms with Gasteiger partial charge in [0.15, 0.2) is 0 Å². The van der Waals surface area contributed by atoms with Gasteiger partial charge in [-0.05, 0) is 24.3 Å². The smallest absolute Gasteiger partial charge is 0.292 e. The first-order chi connectivity index (χ1) is 8.74. The maximum absolute atomic E-state index is 11.8. The zero-order chi connectivity index (χ0) is 12.5. The molecule has 5 nitrogen and oxygen atoms in total. The third kappa shape index (κ3) is 1.96. The average Bonchev–Trinajstić information content (AvgIpc) is 2.93. The number of hydrogen-bond donors (Lipinski definition) is 1. The van der Waals surface area contributed by atoms with Crippen LogP contribution in [0.1, 0.15) is 0 Å². The van der Waals surface area contributed by atoms with Crippen LogP contribution in [0.3, 0.4) is 0 Å². The molecule has 1 aromatic carbocycles. The summed E-state index contributed by atoms with van der Waals surface area (Å²) in [5.41, 5.74) is 0.687. The van der Waals surface area contributed by atoms with E-state index in [0.717, 1.165) is 5.69 Å². The normalized spacial score (nSPS) is 12.2. The van der Waals surface area contributed by atoms with E-state index in [0.29, 0.717) is 14.5 Å². The Labute approximate surface area is 110 Å². The summed E-state index contributed by atoms with van der Waals surface area (Å²) in [5, 5.41) is 7.55. The quantitative estimate of drug-likeness (QED) is 0.769. The summed E-state index contributed by atoms with van der Waals surface area (Å²) in [5.74, 6) is 0. The highest BCUT2D eigenvalue weighted by Crippen LogP contribution is 2.13. The van der Waals surface area contributed by atoms with Crippen LogP contribution in [-0.4, -0.2) is 14.6 Å². The molecule has 0 atom stereocenters. The van der Waals surface area contributed by atoms with E-state index < -0.39 is 0 Å². The molecule has 0 unspecified atom stereocenters. The lowest BCUT2D eigenvalue weighted by Crippen LogP contribution is -2.24. The molecule has 0 saturated carbocycles. The molecule has 3 aromatic rings. The number of nitrogens with one attached hydrogen (secondary N) is 1. The first-order valence-electron chi connectivity index (χ1n) is 5.09. The molecule has 0 radical (unpaired) electrons. The molecule has 0 aliphatic heterocycles. The van der Waals surface area contributed by atoms with Crippen LogP contribution in [0.2, 0.25) is 5.02 Å². The van der Waals surface area contributed by atoms with Gasteiger partial charge in [-0.2, -0.15) is 9.61 Å². The lowest BCUT2D eigenvalue weighted by molar-refractivity contribution is 0.932. The van der Waals surface area contributed by atoms with Crippen LogP contribution in [0.4, 0.5) is 5.69 Å². The van der Waals surface area contributed by atoms with E-state index in [1.807, 2.05) is 12.1 Å². The van der Waals surface area contributed by atoms with Crippen molar-refractivity contribution in [2.75, 3.05) is 5.32 Å². The minimum Gasteiger partial charge on any atom is -0.360 e. The topological polar surface area (TPSA) is 59.3 Å². The summed E-state index contributed by atoms with van der Waals surface area (Å²) in [7, 11) is 0. The van der Waals surface area contributed by atoms with Crippen LogP contribution in [0.25, 0.3) is 11.2 Å². The van der Waals surface area contributed by atoms with Crippen molar-refractivity contribution in [2.24, 2.45) is 0 Å². The van der Waals surface area contributed by atoms with Crippen LogP contribution in [0.15, 0.2) is 35.4 Å². The number of nitrogens with zero attached hydrogens (tertiary/aromatic N) is 3. The molecular weight excluding hydrogens is 272 g/mol. The van der Waals surface area contributed by atoms with Crippen molar-refractivity contribution in [1.82, 2.24) is 14.6 Å². The van der Waals surface area contributed by atoms with E-state index in [4.69, 9.17) is 11.6 Å². The Bertz CT molecular complexity index is 793. The van der Waals surface area contributed by atoms with E-state index in [2.05, 4.69) is 15.4 Å². The Morgan fingerprint density at radius 1 is 1.33 bits per heavy atom. The predicted octanol–water partition coefficient (Wildman–Crippen LogP) is 1.37. The van der Waals surface area contributed by atoms with Crippen LogP contribution in [-0.2, 0) is 0 Å². The minimum atomic E-state index is -0.172. The summed E-state index contributed by atoms with van der Waals surface area (Å²) < 4.78 is 1.83.